The summed E-state index contributed by atoms with van der Waals surface area (Å²) in [7, 11) is 0. The smallest absolute Gasteiger partial charge is 0.332 e. The van der Waals surface area contributed by atoms with E-state index in [0.29, 0.717) is 0 Å². The van der Waals surface area contributed by atoms with Crippen LogP contribution in [0.5, 0.6) is 0 Å². The van der Waals surface area contributed by atoms with E-state index < -0.39 is 6.03 Å². The molecule has 5 N–H and O–H groups in total. The van der Waals surface area contributed by atoms with Crippen LogP contribution < -0.4 is 16.9 Å². The van der Waals surface area contributed by atoms with Crippen LogP contribution >= 0.6 is 0 Å². The van der Waals surface area contributed by atoms with Crippen LogP contribution in [0.2, 0.25) is 0 Å². The molecule has 48 valence electrons. The largest absolute Gasteiger partial charge is 0.373 e. The van der Waals surface area contributed by atoms with Crippen molar-refractivity contribution in [1.82, 2.24) is 5.43 Å². The second-order valence-electron chi connectivity index (χ2n) is 1.08. The van der Waals surface area contributed by atoms with E-state index in [1.807, 2.05) is 0 Å². The van der Waals surface area contributed by atoms with Gasteiger partial charge in [0.2, 0.25) is 5.84 Å². The molecule has 0 spiro atoms. The minimum Gasteiger partial charge on any atom is -0.373 e. The average Bonchev–Trinajstić information content (AvgIpc) is 1.83. The van der Waals surface area contributed by atoms with E-state index in [0.717, 1.165) is 0 Å². The molecule has 0 aromatic rings. The van der Waals surface area contributed by atoms with Gasteiger partial charge in [-0.3, -0.25) is 0 Å². The highest BCUT2D eigenvalue weighted by Crippen LogP contribution is 1.60. The van der Waals surface area contributed by atoms with E-state index >= 15 is 0 Å². The fourth-order valence-electron chi connectivity index (χ4n) is 0.140. The minimum absolute atomic E-state index is 0.339. The molecule has 0 unspecified atom stereocenters. The molecular weight excluding hydrogens is 122 g/mol. The number of urea groups is 1. The van der Waals surface area contributed by atoms with E-state index in [1.54, 1.807) is 5.43 Å². The molecule has 6 heteroatoms. The van der Waals surface area contributed by atoms with E-state index in [9.17, 15) is 4.79 Å². The molecule has 0 heterocycles. The minimum atomic E-state index is -0.854. The fraction of sp³-hybridized carbons (Fsp3) is 0. The van der Waals surface area contributed by atoms with Gasteiger partial charge in [0, 0.05) is 0 Å². The molecule has 0 bridgehead atoms. The second-order valence-corrected chi connectivity index (χ2v) is 1.08. The summed E-state index contributed by atoms with van der Waals surface area (Å²) < 4.78 is 0. The highest BCUT2D eigenvalue weighted by atomic mass is 16.2. The Kier molecular flexibility index (Phi) is 2.62. The Morgan fingerprint density at radius 2 is 2.22 bits per heavy atom. The van der Waals surface area contributed by atoms with Crippen molar-refractivity contribution in [1.29, 1.82) is 5.26 Å². The molecule has 0 fully saturated rings. The highest BCUT2D eigenvalue weighted by molar-refractivity contribution is 5.95. The number of hydrazone groups is 1. The molecule has 0 rings (SSSR count). The van der Waals surface area contributed by atoms with E-state index in [2.05, 4.69) is 10.8 Å². The zero-order valence-corrected chi connectivity index (χ0v) is 4.46. The summed E-state index contributed by atoms with van der Waals surface area (Å²) in [5.74, 6) is -0.339. The zero-order valence-electron chi connectivity index (χ0n) is 4.46. The molecule has 2 amide bonds. The van der Waals surface area contributed by atoms with Crippen LogP contribution in [0.15, 0.2) is 5.10 Å². The van der Waals surface area contributed by atoms with Crippen LogP contribution in [-0.4, -0.2) is 11.9 Å². The van der Waals surface area contributed by atoms with Crippen molar-refractivity contribution in [3.63, 3.8) is 0 Å². The summed E-state index contributed by atoms with van der Waals surface area (Å²) in [5, 5.41) is 11.0. The number of carbonyl (C=O) groups excluding carboxylic acids is 1. The van der Waals surface area contributed by atoms with Crippen LogP contribution in [0.25, 0.3) is 0 Å². The van der Waals surface area contributed by atoms with Crippen molar-refractivity contribution in [2.45, 2.75) is 0 Å². The molecule has 0 aliphatic carbocycles. The fourth-order valence-corrected chi connectivity index (χ4v) is 0.140. The molecule has 0 aliphatic heterocycles. The van der Waals surface area contributed by atoms with Gasteiger partial charge in [-0.05, 0) is 0 Å². The van der Waals surface area contributed by atoms with Gasteiger partial charge >= 0.3 is 6.03 Å². The first-order valence-electron chi connectivity index (χ1n) is 1.95. The molecule has 6 nitrogen and oxygen atoms in total. The number of hydrogen-bond acceptors (Lipinski definition) is 3. The third-order valence-corrected chi connectivity index (χ3v) is 0.401. The lowest BCUT2D eigenvalue weighted by atomic mass is 10.7. The lowest BCUT2D eigenvalue weighted by Crippen LogP contribution is -2.27. The van der Waals surface area contributed by atoms with Crippen LogP contribution in [-0.2, 0) is 0 Å². The number of nitrogens with two attached hydrogens (primary N) is 2. The third-order valence-electron chi connectivity index (χ3n) is 0.401. The summed E-state index contributed by atoms with van der Waals surface area (Å²) in [6, 6.07) is 0.624. The van der Waals surface area contributed by atoms with Gasteiger partial charge in [0.05, 0.1) is 0 Å². The molecule has 0 radical (unpaired) electrons. The predicted molar refractivity (Wildman–Crippen MR) is 30.0 cm³/mol. The number of amides is 2. The molecule has 0 atom stereocenters. The number of rotatable bonds is 1. The van der Waals surface area contributed by atoms with Crippen LogP contribution in [0.3, 0.4) is 0 Å². The first kappa shape index (κ1) is 7.23. The SMILES string of the molecule is N#C/C(N)=N/NC(N)=O. The molecule has 0 aliphatic rings. The molecule has 0 saturated heterocycles. The van der Waals surface area contributed by atoms with Crippen molar-refractivity contribution < 1.29 is 4.79 Å². The number of carbonyl (C=O) groups is 1. The van der Waals surface area contributed by atoms with Crippen molar-refractivity contribution in [2.75, 3.05) is 0 Å². The van der Waals surface area contributed by atoms with Gasteiger partial charge < -0.3 is 11.5 Å². The number of nitrogens with zero attached hydrogens (tertiary/aromatic N) is 2. The van der Waals surface area contributed by atoms with Crippen molar-refractivity contribution >= 4 is 11.9 Å². The number of nitriles is 1. The maximum absolute atomic E-state index is 9.86. The second kappa shape index (κ2) is 3.26. The normalized spacial score (nSPS) is 9.89. The summed E-state index contributed by atoms with van der Waals surface area (Å²) in [5.41, 5.74) is 11.2. The molecule has 0 aromatic heterocycles. The Morgan fingerprint density at radius 1 is 1.67 bits per heavy atom. The number of hydrogen-bond donors (Lipinski definition) is 3. The quantitative estimate of drug-likeness (QED) is 0.225. The van der Waals surface area contributed by atoms with Gasteiger partial charge in [-0.15, -0.1) is 5.10 Å². The Labute approximate surface area is 51.1 Å². The van der Waals surface area contributed by atoms with Gasteiger partial charge in [-0.1, -0.05) is 0 Å². The maximum atomic E-state index is 9.86. The Morgan fingerprint density at radius 3 is 2.56 bits per heavy atom. The zero-order chi connectivity index (χ0) is 7.28. The highest BCUT2D eigenvalue weighted by Gasteiger charge is 1.87. The van der Waals surface area contributed by atoms with Gasteiger partial charge in [0.1, 0.15) is 6.07 Å². The van der Waals surface area contributed by atoms with Gasteiger partial charge in [0.15, 0.2) is 0 Å². The van der Waals surface area contributed by atoms with Crippen LogP contribution in [0, 0.1) is 11.3 Å². The van der Waals surface area contributed by atoms with E-state index in [-0.39, 0.29) is 5.84 Å². The first-order chi connectivity index (χ1) is 4.16. The average molecular weight is 127 g/mol. The lowest BCUT2D eigenvalue weighted by Gasteiger charge is -1.88. The molecule has 0 aromatic carbocycles. The number of nitrogens with one attached hydrogen (secondary N) is 1. The Hall–Kier alpha value is -1.77. The molecule has 0 saturated carbocycles. The van der Waals surface area contributed by atoms with Crippen LogP contribution in [0.4, 0.5) is 4.79 Å². The molecular formula is C3H5N5O. The van der Waals surface area contributed by atoms with E-state index in [1.165, 1.54) is 6.07 Å². The predicted octanol–water partition coefficient (Wildman–Crippen LogP) is -1.55. The number of amidine groups is 1. The van der Waals surface area contributed by atoms with E-state index in [4.69, 9.17) is 11.0 Å². The summed E-state index contributed by atoms with van der Waals surface area (Å²) >= 11 is 0. The van der Waals surface area contributed by atoms with Crippen molar-refractivity contribution in [3.8, 4) is 6.07 Å². The van der Waals surface area contributed by atoms with Crippen molar-refractivity contribution in [2.24, 2.45) is 16.6 Å². The van der Waals surface area contributed by atoms with Crippen molar-refractivity contribution in [3.05, 3.63) is 0 Å². The third kappa shape index (κ3) is 4.08. The Bertz CT molecular complexity index is 177. The lowest BCUT2D eigenvalue weighted by molar-refractivity contribution is 0.249. The van der Waals surface area contributed by atoms with Crippen LogP contribution in [0.1, 0.15) is 0 Å². The summed E-state index contributed by atoms with van der Waals surface area (Å²) in [6.07, 6.45) is 0. The first-order valence-corrected chi connectivity index (χ1v) is 1.95. The summed E-state index contributed by atoms with van der Waals surface area (Å²) in [4.78, 5) is 9.86. The summed E-state index contributed by atoms with van der Waals surface area (Å²) in [6.45, 7) is 0. The standard InChI is InChI=1S/C3H5N5O/c4-1-2(5)7-8-3(6)9/h(H2,5,7)(H3,6,8,9). The maximum Gasteiger partial charge on any atom is 0.332 e. The monoisotopic (exact) mass is 127 g/mol. The topological polar surface area (TPSA) is 117 Å². The van der Waals surface area contributed by atoms with Gasteiger partial charge in [-0.2, -0.15) is 5.26 Å². The molecule has 9 heavy (non-hydrogen) atoms. The van der Waals surface area contributed by atoms with Gasteiger partial charge in [0.25, 0.3) is 0 Å². The van der Waals surface area contributed by atoms with Gasteiger partial charge in [-0.25, -0.2) is 10.2 Å². The number of primary amides is 1. The Balaban J connectivity index is 3.74.